The number of ether oxygens (including phenoxy) is 1. The van der Waals surface area contributed by atoms with Gasteiger partial charge >= 0.3 is 0 Å². The second-order valence-electron chi connectivity index (χ2n) is 6.02. The molecule has 1 atom stereocenters. The van der Waals surface area contributed by atoms with Crippen molar-refractivity contribution in [3.63, 3.8) is 0 Å². The lowest BCUT2D eigenvalue weighted by molar-refractivity contribution is -0.139. The van der Waals surface area contributed by atoms with Crippen molar-refractivity contribution in [2.24, 2.45) is 0 Å². The molecular weight excluding hydrogens is 338 g/mol. The molecule has 1 unspecified atom stereocenters. The van der Waals surface area contributed by atoms with Crippen LogP contribution >= 0.6 is 11.6 Å². The summed E-state index contributed by atoms with van der Waals surface area (Å²) in [6.45, 7) is 1.70. The van der Waals surface area contributed by atoms with Gasteiger partial charge in [0.1, 0.15) is 11.9 Å². The molecule has 1 saturated heterocycles. The van der Waals surface area contributed by atoms with Gasteiger partial charge in [0, 0.05) is 25.0 Å². The first-order valence-corrected chi connectivity index (χ1v) is 8.82. The fraction of sp³-hybridized carbons (Fsp3) is 0.368. The standard InChI is InChI=1S/C19H22ClN3O2/c1-21-18-4-2-3-16(22-18)17-13-23(11-12-25-17)19(24)10-7-14-5-8-15(20)9-6-14/h2-6,8-9,17H,7,10-13H2,1H3,(H,21,22). The van der Waals surface area contributed by atoms with Gasteiger partial charge in [0.15, 0.2) is 0 Å². The maximum atomic E-state index is 12.5. The number of pyridine rings is 1. The first-order valence-electron chi connectivity index (χ1n) is 8.44. The summed E-state index contributed by atoms with van der Waals surface area (Å²) in [5.74, 6) is 0.945. The molecule has 0 bridgehead atoms. The Morgan fingerprint density at radius 1 is 1.32 bits per heavy atom. The van der Waals surface area contributed by atoms with Gasteiger partial charge in [-0.25, -0.2) is 4.98 Å². The van der Waals surface area contributed by atoms with E-state index in [1.165, 1.54) is 0 Å². The maximum absolute atomic E-state index is 12.5. The molecule has 1 aromatic heterocycles. The first-order chi connectivity index (χ1) is 12.2. The summed E-state index contributed by atoms with van der Waals surface area (Å²) in [6, 6.07) is 13.4. The van der Waals surface area contributed by atoms with Crippen LogP contribution < -0.4 is 5.32 Å². The number of nitrogens with one attached hydrogen (secondary N) is 1. The molecule has 1 amide bonds. The van der Waals surface area contributed by atoms with Crippen molar-refractivity contribution in [3.8, 4) is 0 Å². The number of aromatic nitrogens is 1. The van der Waals surface area contributed by atoms with Crippen LogP contribution in [0.15, 0.2) is 42.5 Å². The molecule has 25 heavy (non-hydrogen) atoms. The SMILES string of the molecule is CNc1cccc(C2CN(C(=O)CCc3ccc(Cl)cc3)CCO2)n1. The van der Waals surface area contributed by atoms with E-state index in [0.29, 0.717) is 37.6 Å². The number of hydrogen-bond acceptors (Lipinski definition) is 4. The molecule has 3 rings (SSSR count). The molecule has 132 valence electrons. The van der Waals surface area contributed by atoms with E-state index in [0.717, 1.165) is 17.1 Å². The fourth-order valence-corrected chi connectivity index (χ4v) is 3.01. The third-order valence-corrected chi connectivity index (χ3v) is 4.57. The van der Waals surface area contributed by atoms with E-state index in [-0.39, 0.29) is 12.0 Å². The third-order valence-electron chi connectivity index (χ3n) is 4.32. The summed E-state index contributed by atoms with van der Waals surface area (Å²) >= 11 is 5.89. The quantitative estimate of drug-likeness (QED) is 0.889. The monoisotopic (exact) mass is 359 g/mol. The van der Waals surface area contributed by atoms with E-state index < -0.39 is 0 Å². The number of nitrogens with zero attached hydrogens (tertiary/aromatic N) is 2. The molecule has 0 spiro atoms. The summed E-state index contributed by atoms with van der Waals surface area (Å²) < 4.78 is 5.82. The number of carbonyl (C=O) groups excluding carboxylic acids is 1. The Balaban J connectivity index is 1.58. The van der Waals surface area contributed by atoms with Gasteiger partial charge in [0.25, 0.3) is 0 Å². The van der Waals surface area contributed by atoms with E-state index in [1.807, 2.05) is 54.4 Å². The van der Waals surface area contributed by atoms with Crippen LogP contribution in [0.2, 0.25) is 5.02 Å². The van der Waals surface area contributed by atoms with Gasteiger partial charge in [-0.2, -0.15) is 0 Å². The van der Waals surface area contributed by atoms with E-state index in [4.69, 9.17) is 16.3 Å². The van der Waals surface area contributed by atoms with Crippen molar-refractivity contribution in [3.05, 3.63) is 58.7 Å². The zero-order valence-corrected chi connectivity index (χ0v) is 15.0. The number of rotatable bonds is 5. The highest BCUT2D eigenvalue weighted by atomic mass is 35.5. The van der Waals surface area contributed by atoms with Crippen molar-refractivity contribution in [2.45, 2.75) is 18.9 Å². The van der Waals surface area contributed by atoms with Crippen LogP contribution in [0, 0.1) is 0 Å². The lowest BCUT2D eigenvalue weighted by Gasteiger charge is -2.33. The van der Waals surface area contributed by atoms with Crippen molar-refractivity contribution in [1.82, 2.24) is 9.88 Å². The molecule has 1 aliphatic heterocycles. The number of aryl methyl sites for hydroxylation is 1. The highest BCUT2D eigenvalue weighted by Gasteiger charge is 2.26. The molecule has 1 N–H and O–H groups in total. The minimum Gasteiger partial charge on any atom is -0.373 e. The second-order valence-corrected chi connectivity index (χ2v) is 6.46. The Morgan fingerprint density at radius 3 is 2.88 bits per heavy atom. The highest BCUT2D eigenvalue weighted by molar-refractivity contribution is 6.30. The van der Waals surface area contributed by atoms with Crippen molar-refractivity contribution in [2.75, 3.05) is 32.1 Å². The number of anilines is 1. The fourth-order valence-electron chi connectivity index (χ4n) is 2.89. The smallest absolute Gasteiger partial charge is 0.223 e. The lowest BCUT2D eigenvalue weighted by Crippen LogP contribution is -2.42. The molecule has 2 aromatic rings. The van der Waals surface area contributed by atoms with Gasteiger partial charge in [-0.1, -0.05) is 29.8 Å². The largest absolute Gasteiger partial charge is 0.373 e. The summed E-state index contributed by atoms with van der Waals surface area (Å²) in [4.78, 5) is 18.9. The van der Waals surface area contributed by atoms with Gasteiger partial charge in [0.05, 0.1) is 18.8 Å². The number of benzene rings is 1. The molecule has 1 fully saturated rings. The van der Waals surface area contributed by atoms with Crippen LogP contribution in [0.5, 0.6) is 0 Å². The van der Waals surface area contributed by atoms with Crippen molar-refractivity contribution >= 4 is 23.3 Å². The molecule has 1 aromatic carbocycles. The average Bonchev–Trinajstić information content (AvgIpc) is 2.67. The van der Waals surface area contributed by atoms with Crippen LogP contribution in [0.4, 0.5) is 5.82 Å². The van der Waals surface area contributed by atoms with Crippen LogP contribution in [0.25, 0.3) is 0 Å². The van der Waals surface area contributed by atoms with Gasteiger partial charge < -0.3 is 15.0 Å². The number of morpholine rings is 1. The molecule has 6 heteroatoms. The third kappa shape index (κ3) is 4.71. The summed E-state index contributed by atoms with van der Waals surface area (Å²) in [7, 11) is 1.83. The summed E-state index contributed by atoms with van der Waals surface area (Å²) in [5, 5.41) is 3.74. The molecule has 0 aliphatic carbocycles. The lowest BCUT2D eigenvalue weighted by atomic mass is 10.1. The van der Waals surface area contributed by atoms with Crippen LogP contribution in [-0.4, -0.2) is 42.5 Å². The van der Waals surface area contributed by atoms with Gasteiger partial charge in [-0.3, -0.25) is 4.79 Å². The molecule has 1 aliphatic rings. The van der Waals surface area contributed by atoms with E-state index in [9.17, 15) is 4.79 Å². The molecule has 0 radical (unpaired) electrons. The van der Waals surface area contributed by atoms with Gasteiger partial charge in [-0.05, 0) is 36.2 Å². The molecule has 0 saturated carbocycles. The zero-order chi connectivity index (χ0) is 17.6. The minimum absolute atomic E-state index is 0.146. The van der Waals surface area contributed by atoms with Gasteiger partial charge in [-0.15, -0.1) is 0 Å². The Kier molecular flexibility index (Phi) is 5.89. The van der Waals surface area contributed by atoms with E-state index in [2.05, 4.69) is 10.3 Å². The normalized spacial score (nSPS) is 17.4. The Labute approximate surface area is 153 Å². The number of carbonyl (C=O) groups is 1. The number of amides is 1. The Morgan fingerprint density at radius 2 is 2.12 bits per heavy atom. The Hall–Kier alpha value is -2.11. The van der Waals surface area contributed by atoms with Crippen LogP contribution in [0.3, 0.4) is 0 Å². The predicted octanol–water partition coefficient (Wildman–Crippen LogP) is 3.31. The molecule has 2 heterocycles. The summed E-state index contributed by atoms with van der Waals surface area (Å²) in [5.41, 5.74) is 1.97. The minimum atomic E-state index is -0.179. The zero-order valence-electron chi connectivity index (χ0n) is 14.2. The Bertz CT molecular complexity index is 721. The van der Waals surface area contributed by atoms with Crippen molar-refractivity contribution < 1.29 is 9.53 Å². The molecule has 5 nitrogen and oxygen atoms in total. The first kappa shape index (κ1) is 17.7. The van der Waals surface area contributed by atoms with Crippen LogP contribution in [0.1, 0.15) is 23.8 Å². The highest BCUT2D eigenvalue weighted by Crippen LogP contribution is 2.22. The van der Waals surface area contributed by atoms with Crippen LogP contribution in [-0.2, 0) is 16.0 Å². The van der Waals surface area contributed by atoms with E-state index >= 15 is 0 Å². The summed E-state index contributed by atoms with van der Waals surface area (Å²) in [6.07, 6.45) is 1.02. The van der Waals surface area contributed by atoms with E-state index in [1.54, 1.807) is 0 Å². The molecular formula is C19H22ClN3O2. The van der Waals surface area contributed by atoms with Crippen molar-refractivity contribution in [1.29, 1.82) is 0 Å². The second kappa shape index (κ2) is 8.32. The van der Waals surface area contributed by atoms with Gasteiger partial charge in [0.2, 0.25) is 5.91 Å². The number of halogens is 1. The average molecular weight is 360 g/mol. The predicted molar refractivity (Wildman–Crippen MR) is 98.8 cm³/mol. The maximum Gasteiger partial charge on any atom is 0.223 e. The topological polar surface area (TPSA) is 54.5 Å². The number of hydrogen-bond donors (Lipinski definition) is 1.